The smallest absolute Gasteiger partial charge is 0.270 e. The second-order valence-corrected chi connectivity index (χ2v) is 5.82. The van der Waals surface area contributed by atoms with Crippen LogP contribution in [0.15, 0.2) is 35.3 Å². The fraction of sp³-hybridized carbons (Fsp3) is 0.357. The maximum atomic E-state index is 12.5. The van der Waals surface area contributed by atoms with Crippen LogP contribution in [0.25, 0.3) is 0 Å². The zero-order valence-corrected chi connectivity index (χ0v) is 13.3. The second-order valence-electron chi connectivity index (χ2n) is 4.90. The third-order valence-corrected chi connectivity index (χ3v) is 3.39. The van der Waals surface area contributed by atoms with E-state index in [1.807, 2.05) is 30.7 Å². The summed E-state index contributed by atoms with van der Waals surface area (Å²) < 4.78 is 2.86. The van der Waals surface area contributed by atoms with Gasteiger partial charge in [0.1, 0.15) is 5.69 Å². The molecule has 106 valence electrons. The minimum Gasteiger partial charge on any atom is -0.340 e. The molecule has 2 heterocycles. The average Bonchev–Trinajstić information content (AvgIpc) is 2.81. The average molecular weight is 337 g/mol. The van der Waals surface area contributed by atoms with E-state index in [4.69, 9.17) is 0 Å². The molecule has 0 spiro atoms. The number of nitrogens with zero attached hydrogens (tertiary/aromatic N) is 4. The first-order chi connectivity index (χ1) is 9.49. The molecule has 0 fully saturated rings. The number of amides is 1. The summed E-state index contributed by atoms with van der Waals surface area (Å²) in [6, 6.07) is 2.07. The molecule has 0 bridgehead atoms. The lowest BCUT2D eigenvalue weighted by atomic mass is 10.3. The van der Waals surface area contributed by atoms with Crippen LogP contribution < -0.4 is 0 Å². The Morgan fingerprint density at radius 3 is 2.80 bits per heavy atom. The first kappa shape index (κ1) is 14.7. The van der Waals surface area contributed by atoms with Crippen LogP contribution in [0.3, 0.4) is 0 Å². The van der Waals surface area contributed by atoms with E-state index in [-0.39, 0.29) is 11.9 Å². The monoisotopic (exact) mass is 336 g/mol. The largest absolute Gasteiger partial charge is 0.340 e. The van der Waals surface area contributed by atoms with Crippen molar-refractivity contribution in [2.75, 3.05) is 7.05 Å². The summed E-state index contributed by atoms with van der Waals surface area (Å²) in [6.07, 6.45) is 6.84. The molecule has 0 unspecified atom stereocenters. The number of carbonyl (C=O) groups is 1. The zero-order chi connectivity index (χ0) is 14.7. The normalized spacial score (nSPS) is 10.8. The van der Waals surface area contributed by atoms with E-state index in [1.165, 1.54) is 0 Å². The highest BCUT2D eigenvalue weighted by Gasteiger charge is 2.19. The first-order valence-corrected chi connectivity index (χ1v) is 7.16. The maximum Gasteiger partial charge on any atom is 0.270 e. The van der Waals surface area contributed by atoms with Gasteiger partial charge in [0, 0.05) is 36.2 Å². The van der Waals surface area contributed by atoms with E-state index < -0.39 is 0 Å². The van der Waals surface area contributed by atoms with Gasteiger partial charge in [-0.15, -0.1) is 0 Å². The number of carbonyl (C=O) groups excluding carboxylic acids is 1. The molecule has 0 saturated heterocycles. The van der Waals surface area contributed by atoms with Gasteiger partial charge in [0.25, 0.3) is 5.91 Å². The summed E-state index contributed by atoms with van der Waals surface area (Å²) in [6.45, 7) is 4.53. The van der Waals surface area contributed by atoms with Crippen molar-refractivity contribution in [3.63, 3.8) is 0 Å². The fourth-order valence-corrected chi connectivity index (χ4v) is 2.40. The van der Waals surface area contributed by atoms with E-state index in [0.717, 1.165) is 10.2 Å². The number of hydrogen-bond donors (Lipinski definition) is 0. The molecule has 0 radical (unpaired) electrons. The lowest BCUT2D eigenvalue weighted by Crippen LogP contribution is -2.29. The van der Waals surface area contributed by atoms with E-state index >= 15 is 0 Å². The van der Waals surface area contributed by atoms with Crippen molar-refractivity contribution in [2.24, 2.45) is 0 Å². The van der Waals surface area contributed by atoms with Gasteiger partial charge in [0.2, 0.25) is 0 Å². The molecule has 0 aromatic carbocycles. The number of rotatable bonds is 4. The second kappa shape index (κ2) is 6.17. The van der Waals surface area contributed by atoms with Crippen LogP contribution in [0.2, 0.25) is 0 Å². The van der Waals surface area contributed by atoms with Gasteiger partial charge >= 0.3 is 0 Å². The predicted molar refractivity (Wildman–Crippen MR) is 80.3 cm³/mol. The summed E-state index contributed by atoms with van der Waals surface area (Å²) in [5.74, 6) is -0.0324. The van der Waals surface area contributed by atoms with Crippen LogP contribution in [0.5, 0.6) is 0 Å². The Balaban J connectivity index is 2.19. The van der Waals surface area contributed by atoms with Gasteiger partial charge in [-0.05, 0) is 35.8 Å². The molecule has 2 rings (SSSR count). The summed E-state index contributed by atoms with van der Waals surface area (Å²) in [7, 11) is 1.77. The highest BCUT2D eigenvalue weighted by Crippen LogP contribution is 2.20. The summed E-state index contributed by atoms with van der Waals surface area (Å²) in [4.78, 5) is 22.4. The van der Waals surface area contributed by atoms with Gasteiger partial charge in [-0.2, -0.15) is 0 Å². The van der Waals surface area contributed by atoms with Crippen LogP contribution in [-0.4, -0.2) is 32.4 Å². The minimum absolute atomic E-state index is 0.0324. The Hall–Kier alpha value is -1.69. The van der Waals surface area contributed by atoms with Crippen molar-refractivity contribution in [2.45, 2.75) is 26.4 Å². The number of hydrogen-bond acceptors (Lipinski definition) is 3. The van der Waals surface area contributed by atoms with E-state index in [0.29, 0.717) is 12.2 Å². The highest BCUT2D eigenvalue weighted by molar-refractivity contribution is 9.10. The first-order valence-electron chi connectivity index (χ1n) is 6.36. The maximum absolute atomic E-state index is 12.5. The van der Waals surface area contributed by atoms with Crippen LogP contribution in [0.4, 0.5) is 0 Å². The van der Waals surface area contributed by atoms with Gasteiger partial charge in [-0.25, -0.2) is 0 Å². The van der Waals surface area contributed by atoms with E-state index in [9.17, 15) is 4.79 Å². The lowest BCUT2D eigenvalue weighted by Gasteiger charge is -2.19. The Labute approximate surface area is 126 Å². The van der Waals surface area contributed by atoms with Crippen LogP contribution in [0, 0.1) is 0 Å². The Morgan fingerprint density at radius 1 is 1.45 bits per heavy atom. The summed E-state index contributed by atoms with van der Waals surface area (Å²) >= 11 is 3.42. The molecule has 2 aromatic heterocycles. The predicted octanol–water partition coefficient (Wildman–Crippen LogP) is 2.89. The van der Waals surface area contributed by atoms with Crippen molar-refractivity contribution in [1.29, 1.82) is 0 Å². The van der Waals surface area contributed by atoms with Gasteiger partial charge in [0.15, 0.2) is 0 Å². The standard InChI is InChI=1S/C14H17BrN4O/c1-10(2)19-8-11(15)6-13(19)14(20)18(3)9-12-7-16-4-5-17-12/h4-8,10H,9H2,1-3H3. The molecule has 0 aliphatic carbocycles. The van der Waals surface area contributed by atoms with Crippen LogP contribution in [0.1, 0.15) is 36.1 Å². The SMILES string of the molecule is CC(C)n1cc(Br)cc1C(=O)N(C)Cc1cnccn1. The van der Waals surface area contributed by atoms with Crippen molar-refractivity contribution < 1.29 is 4.79 Å². The third-order valence-electron chi connectivity index (χ3n) is 2.95. The zero-order valence-electron chi connectivity index (χ0n) is 11.7. The van der Waals surface area contributed by atoms with Gasteiger partial charge in [0.05, 0.1) is 18.4 Å². The molecular weight excluding hydrogens is 320 g/mol. The molecule has 20 heavy (non-hydrogen) atoms. The molecule has 6 heteroatoms. The van der Waals surface area contributed by atoms with Gasteiger partial charge in [-0.3, -0.25) is 14.8 Å². The van der Waals surface area contributed by atoms with Gasteiger partial charge in [-0.1, -0.05) is 0 Å². The lowest BCUT2D eigenvalue weighted by molar-refractivity contribution is 0.0771. The number of aromatic nitrogens is 3. The molecule has 5 nitrogen and oxygen atoms in total. The van der Waals surface area contributed by atoms with Crippen LogP contribution >= 0.6 is 15.9 Å². The van der Waals surface area contributed by atoms with Crippen molar-refractivity contribution in [3.05, 3.63) is 46.7 Å². The van der Waals surface area contributed by atoms with Crippen LogP contribution in [-0.2, 0) is 6.54 Å². The molecule has 0 aliphatic rings. The molecule has 0 aliphatic heterocycles. The topological polar surface area (TPSA) is 51.0 Å². The number of halogens is 1. The minimum atomic E-state index is -0.0324. The summed E-state index contributed by atoms with van der Waals surface area (Å²) in [5, 5.41) is 0. The van der Waals surface area contributed by atoms with E-state index in [1.54, 1.807) is 30.5 Å². The van der Waals surface area contributed by atoms with Crippen molar-refractivity contribution in [3.8, 4) is 0 Å². The molecule has 0 saturated carbocycles. The summed E-state index contributed by atoms with van der Waals surface area (Å²) in [5.41, 5.74) is 1.43. The Bertz CT molecular complexity index is 594. The molecule has 0 N–H and O–H groups in total. The quantitative estimate of drug-likeness (QED) is 0.862. The molecular formula is C14H17BrN4O. The van der Waals surface area contributed by atoms with Crippen molar-refractivity contribution >= 4 is 21.8 Å². The fourth-order valence-electron chi connectivity index (χ4n) is 1.97. The molecule has 1 amide bonds. The molecule has 2 aromatic rings. The van der Waals surface area contributed by atoms with Gasteiger partial charge < -0.3 is 9.47 Å². The molecule has 0 atom stereocenters. The third kappa shape index (κ3) is 3.25. The van der Waals surface area contributed by atoms with Crippen molar-refractivity contribution in [1.82, 2.24) is 19.4 Å². The highest BCUT2D eigenvalue weighted by atomic mass is 79.9. The Kier molecular flexibility index (Phi) is 4.54. The Morgan fingerprint density at radius 2 is 2.20 bits per heavy atom. The van der Waals surface area contributed by atoms with E-state index in [2.05, 4.69) is 25.9 Å².